The Morgan fingerprint density at radius 3 is 2.48 bits per heavy atom. The molecule has 1 heterocycles. The number of hydrogen-bond acceptors (Lipinski definition) is 6. The number of halogens is 2. The predicted molar refractivity (Wildman–Crippen MR) is 115 cm³/mol. The molecule has 2 aromatic carbocycles. The Balaban J connectivity index is 1.71. The van der Waals surface area contributed by atoms with Gasteiger partial charge in [0, 0.05) is 21.8 Å². The summed E-state index contributed by atoms with van der Waals surface area (Å²) in [6, 6.07) is 11.2. The molecule has 0 saturated carbocycles. The number of thioether (sulfide) groups is 1. The smallest absolute Gasteiger partial charge is 0.248 e. The van der Waals surface area contributed by atoms with E-state index in [1.807, 2.05) is 0 Å². The Bertz CT molecular complexity index is 1070. The van der Waals surface area contributed by atoms with Gasteiger partial charge in [-0.3, -0.25) is 9.59 Å². The number of carbonyl (C=O) groups is 2. The van der Waals surface area contributed by atoms with Gasteiger partial charge in [0.05, 0.1) is 10.3 Å². The Hall–Kier alpha value is -2.75. The minimum absolute atomic E-state index is 0.271. The molecule has 1 atom stereocenters. The number of aromatic nitrogens is 3. The van der Waals surface area contributed by atoms with Crippen molar-refractivity contribution in [3.63, 3.8) is 0 Å². The van der Waals surface area contributed by atoms with Crippen LogP contribution in [0.2, 0.25) is 10.0 Å². The number of amides is 2. The molecule has 0 bridgehead atoms. The fourth-order valence-electron chi connectivity index (χ4n) is 2.38. The molecule has 0 aliphatic heterocycles. The summed E-state index contributed by atoms with van der Waals surface area (Å²) in [4.78, 5) is 23.6. The molecular weight excluding hydrogens is 435 g/mol. The van der Waals surface area contributed by atoms with Crippen molar-refractivity contribution in [2.24, 2.45) is 5.73 Å². The van der Waals surface area contributed by atoms with E-state index in [0.29, 0.717) is 37.8 Å². The zero-order valence-electron chi connectivity index (χ0n) is 15.1. The van der Waals surface area contributed by atoms with Gasteiger partial charge in [-0.1, -0.05) is 35.0 Å². The molecule has 3 rings (SSSR count). The van der Waals surface area contributed by atoms with Crippen molar-refractivity contribution in [2.75, 3.05) is 11.2 Å². The predicted octanol–water partition coefficient (Wildman–Crippen LogP) is 3.18. The third-order valence-corrected chi connectivity index (χ3v) is 5.54. The molecule has 0 aliphatic carbocycles. The molecule has 0 fully saturated rings. The second-order valence-electron chi connectivity index (χ2n) is 5.99. The molecule has 0 unspecified atom stereocenters. The summed E-state index contributed by atoms with van der Waals surface area (Å²) in [5.74, 6) is 5.61. The van der Waals surface area contributed by atoms with Crippen molar-refractivity contribution in [3.8, 4) is 11.4 Å². The number of nitrogen functional groups attached to an aromatic ring is 1. The summed E-state index contributed by atoms with van der Waals surface area (Å²) in [6.07, 6.45) is 0. The third-order valence-electron chi connectivity index (χ3n) is 3.92. The average molecular weight is 451 g/mol. The van der Waals surface area contributed by atoms with Crippen molar-refractivity contribution in [3.05, 3.63) is 58.1 Å². The SMILES string of the molecule is C[C@H](Sc1nnc(-c2cc(Cl)ccc2Cl)n1N)C(=O)Nc1ccc(C(N)=O)cc1. The van der Waals surface area contributed by atoms with E-state index >= 15 is 0 Å². The fourth-order valence-corrected chi connectivity index (χ4v) is 3.53. The van der Waals surface area contributed by atoms with E-state index < -0.39 is 11.2 Å². The first kappa shape index (κ1) is 21.0. The van der Waals surface area contributed by atoms with Crippen LogP contribution < -0.4 is 16.9 Å². The number of carbonyl (C=O) groups excluding carboxylic acids is 2. The van der Waals surface area contributed by atoms with Gasteiger partial charge >= 0.3 is 0 Å². The van der Waals surface area contributed by atoms with Crippen LogP contribution in [0.1, 0.15) is 17.3 Å². The van der Waals surface area contributed by atoms with E-state index in [-0.39, 0.29) is 5.91 Å². The Kier molecular flexibility index (Phi) is 6.31. The zero-order valence-corrected chi connectivity index (χ0v) is 17.4. The van der Waals surface area contributed by atoms with E-state index in [9.17, 15) is 9.59 Å². The van der Waals surface area contributed by atoms with E-state index in [4.69, 9.17) is 34.8 Å². The van der Waals surface area contributed by atoms with Gasteiger partial charge < -0.3 is 16.9 Å². The quantitative estimate of drug-likeness (QED) is 0.390. The highest BCUT2D eigenvalue weighted by molar-refractivity contribution is 8.00. The first-order valence-electron chi connectivity index (χ1n) is 8.29. The standard InChI is InChI=1S/C18H16Cl2N6O2S/c1-9(17(28)23-12-5-2-10(3-6-12)15(21)27)29-18-25-24-16(26(18)22)13-8-11(19)4-7-14(13)20/h2-9H,22H2,1H3,(H2,21,27)(H,23,28)/t9-/m0/s1. The van der Waals surface area contributed by atoms with Gasteiger partial charge in [-0.2, -0.15) is 0 Å². The van der Waals surface area contributed by atoms with Crippen LogP contribution in [0.15, 0.2) is 47.6 Å². The van der Waals surface area contributed by atoms with Crippen LogP contribution in [0.5, 0.6) is 0 Å². The van der Waals surface area contributed by atoms with Crippen LogP contribution >= 0.6 is 35.0 Å². The van der Waals surface area contributed by atoms with Gasteiger partial charge in [0.2, 0.25) is 17.0 Å². The summed E-state index contributed by atoms with van der Waals surface area (Å²) >= 11 is 13.3. The van der Waals surface area contributed by atoms with Gasteiger partial charge in [0.15, 0.2) is 5.82 Å². The maximum atomic E-state index is 12.5. The highest BCUT2D eigenvalue weighted by Gasteiger charge is 2.21. The number of nitrogens with zero attached hydrogens (tertiary/aromatic N) is 3. The van der Waals surface area contributed by atoms with Crippen LogP contribution in [0.3, 0.4) is 0 Å². The molecule has 0 aliphatic rings. The lowest BCUT2D eigenvalue weighted by Crippen LogP contribution is -2.23. The molecule has 0 saturated heterocycles. The first-order valence-corrected chi connectivity index (χ1v) is 9.93. The lowest BCUT2D eigenvalue weighted by molar-refractivity contribution is -0.115. The van der Waals surface area contributed by atoms with Gasteiger partial charge in [0.25, 0.3) is 0 Å². The highest BCUT2D eigenvalue weighted by Crippen LogP contribution is 2.31. The Labute approximate surface area is 180 Å². The van der Waals surface area contributed by atoms with Crippen molar-refractivity contribution in [1.29, 1.82) is 0 Å². The fraction of sp³-hybridized carbons (Fsp3) is 0.111. The average Bonchev–Trinajstić information content (AvgIpc) is 3.04. The molecule has 8 nitrogen and oxygen atoms in total. The van der Waals surface area contributed by atoms with Gasteiger partial charge in [-0.25, -0.2) is 4.68 Å². The van der Waals surface area contributed by atoms with E-state index in [2.05, 4.69) is 15.5 Å². The molecule has 5 N–H and O–H groups in total. The van der Waals surface area contributed by atoms with Crippen molar-refractivity contribution < 1.29 is 9.59 Å². The number of benzene rings is 2. The van der Waals surface area contributed by atoms with E-state index in [1.54, 1.807) is 37.3 Å². The summed E-state index contributed by atoms with van der Waals surface area (Å²) < 4.78 is 1.26. The number of hydrogen-bond donors (Lipinski definition) is 3. The van der Waals surface area contributed by atoms with Gasteiger partial charge in [-0.05, 0) is 49.4 Å². The molecule has 150 valence electrons. The molecular formula is C18H16Cl2N6O2S. The van der Waals surface area contributed by atoms with Gasteiger partial charge in [-0.15, -0.1) is 10.2 Å². The monoisotopic (exact) mass is 450 g/mol. The number of anilines is 1. The summed E-state index contributed by atoms with van der Waals surface area (Å²) in [7, 11) is 0. The highest BCUT2D eigenvalue weighted by atomic mass is 35.5. The van der Waals surface area contributed by atoms with Crippen LogP contribution in [-0.4, -0.2) is 31.9 Å². The van der Waals surface area contributed by atoms with Crippen molar-refractivity contribution >= 4 is 52.5 Å². The lowest BCUT2D eigenvalue weighted by Gasteiger charge is -2.12. The number of rotatable bonds is 6. The maximum Gasteiger partial charge on any atom is 0.248 e. The van der Waals surface area contributed by atoms with Gasteiger partial charge in [0.1, 0.15) is 0 Å². The normalized spacial score (nSPS) is 11.8. The topological polar surface area (TPSA) is 129 Å². The largest absolute Gasteiger partial charge is 0.366 e. The number of primary amides is 1. The minimum Gasteiger partial charge on any atom is -0.366 e. The van der Waals surface area contributed by atoms with Crippen LogP contribution in [0, 0.1) is 0 Å². The van der Waals surface area contributed by atoms with Crippen molar-refractivity contribution in [1.82, 2.24) is 14.9 Å². The van der Waals surface area contributed by atoms with Crippen LogP contribution in [-0.2, 0) is 4.79 Å². The molecule has 0 radical (unpaired) electrons. The molecule has 1 aromatic heterocycles. The Morgan fingerprint density at radius 2 is 1.83 bits per heavy atom. The number of nitrogens with one attached hydrogen (secondary N) is 1. The molecule has 2 amide bonds. The molecule has 11 heteroatoms. The molecule has 0 spiro atoms. The second-order valence-corrected chi connectivity index (χ2v) is 8.14. The van der Waals surface area contributed by atoms with E-state index in [0.717, 1.165) is 11.8 Å². The van der Waals surface area contributed by atoms with E-state index in [1.165, 1.54) is 16.8 Å². The first-order chi connectivity index (χ1) is 13.8. The molecule has 3 aromatic rings. The lowest BCUT2D eigenvalue weighted by atomic mass is 10.2. The van der Waals surface area contributed by atoms with Crippen LogP contribution in [0.25, 0.3) is 11.4 Å². The summed E-state index contributed by atoms with van der Waals surface area (Å²) in [5, 5.41) is 11.6. The second kappa shape index (κ2) is 8.73. The summed E-state index contributed by atoms with van der Waals surface area (Å²) in [5.41, 5.74) is 6.63. The third kappa shape index (κ3) is 4.81. The van der Waals surface area contributed by atoms with Crippen LogP contribution in [0.4, 0.5) is 5.69 Å². The summed E-state index contributed by atoms with van der Waals surface area (Å²) in [6.45, 7) is 1.71. The van der Waals surface area contributed by atoms with Crippen molar-refractivity contribution in [2.45, 2.75) is 17.3 Å². The Morgan fingerprint density at radius 1 is 1.14 bits per heavy atom. The number of nitrogens with two attached hydrogens (primary N) is 2. The maximum absolute atomic E-state index is 12.5. The minimum atomic E-state index is -0.537. The molecule has 29 heavy (non-hydrogen) atoms. The zero-order chi connectivity index (χ0) is 21.1.